The van der Waals surface area contributed by atoms with Crippen molar-refractivity contribution in [1.82, 2.24) is 4.90 Å². The lowest BCUT2D eigenvalue weighted by atomic mass is 9.56. The molecule has 3 heteroatoms. The van der Waals surface area contributed by atoms with E-state index in [-0.39, 0.29) is 12.2 Å². The second kappa shape index (κ2) is 6.15. The van der Waals surface area contributed by atoms with E-state index < -0.39 is 0 Å². The van der Waals surface area contributed by atoms with Crippen molar-refractivity contribution >= 4 is 6.09 Å². The molecule has 3 nitrogen and oxygen atoms in total. The smallest absolute Gasteiger partial charge is 0.410 e. The van der Waals surface area contributed by atoms with Crippen molar-refractivity contribution in [2.45, 2.75) is 71.8 Å². The molecule has 2 rings (SSSR count). The third-order valence-corrected chi connectivity index (χ3v) is 4.83. The van der Waals surface area contributed by atoms with Gasteiger partial charge in [0.1, 0.15) is 0 Å². The summed E-state index contributed by atoms with van der Waals surface area (Å²) in [6, 6.07) is 0. The largest absolute Gasteiger partial charge is 0.447 e. The van der Waals surface area contributed by atoms with E-state index >= 15 is 0 Å². The summed E-state index contributed by atoms with van der Waals surface area (Å²) in [4.78, 5) is 13.7. The Labute approximate surface area is 117 Å². The molecule has 0 aromatic rings. The summed E-state index contributed by atoms with van der Waals surface area (Å²) in [7, 11) is 0. The number of unbranched alkanes of at least 4 members (excludes halogenated alkanes) is 1. The zero-order valence-electron chi connectivity index (χ0n) is 12.8. The summed E-state index contributed by atoms with van der Waals surface area (Å²) >= 11 is 0. The van der Waals surface area contributed by atoms with Gasteiger partial charge in [-0.05, 0) is 50.9 Å². The van der Waals surface area contributed by atoms with E-state index in [9.17, 15) is 4.79 Å². The van der Waals surface area contributed by atoms with Gasteiger partial charge in [0.15, 0.2) is 0 Å². The van der Waals surface area contributed by atoms with E-state index in [1.54, 1.807) is 0 Å². The third-order valence-electron chi connectivity index (χ3n) is 4.83. The summed E-state index contributed by atoms with van der Waals surface area (Å²) in [5.74, 6) is 0.967. The Morgan fingerprint density at radius 3 is 2.47 bits per heavy atom. The predicted molar refractivity (Wildman–Crippen MR) is 77.1 cm³/mol. The molecule has 0 radical (unpaired) electrons. The first-order chi connectivity index (χ1) is 9.04. The Morgan fingerprint density at radius 2 is 1.95 bits per heavy atom. The Morgan fingerprint density at radius 1 is 1.32 bits per heavy atom. The van der Waals surface area contributed by atoms with Gasteiger partial charge in [-0.2, -0.15) is 0 Å². The van der Waals surface area contributed by atoms with Crippen LogP contribution >= 0.6 is 0 Å². The predicted octanol–water partition coefficient (Wildman–Crippen LogP) is 4.21. The molecule has 1 spiro atoms. The topological polar surface area (TPSA) is 29.5 Å². The van der Waals surface area contributed by atoms with Crippen LogP contribution in [0, 0.1) is 11.3 Å². The molecule has 0 N–H and O–H groups in total. The van der Waals surface area contributed by atoms with E-state index in [1.165, 1.54) is 44.9 Å². The molecule has 1 heterocycles. The first kappa shape index (κ1) is 14.7. The zero-order valence-corrected chi connectivity index (χ0v) is 12.8. The number of ether oxygens (including phenoxy) is 1. The van der Waals surface area contributed by atoms with E-state index in [1.807, 2.05) is 18.7 Å². The van der Waals surface area contributed by atoms with Crippen LogP contribution < -0.4 is 0 Å². The first-order valence-electron chi connectivity index (χ1n) is 8.00. The van der Waals surface area contributed by atoms with Crippen LogP contribution in [0.1, 0.15) is 65.7 Å². The van der Waals surface area contributed by atoms with Crippen molar-refractivity contribution in [3.05, 3.63) is 0 Å². The molecule has 110 valence electrons. The van der Waals surface area contributed by atoms with Gasteiger partial charge in [0.25, 0.3) is 0 Å². The van der Waals surface area contributed by atoms with Crippen molar-refractivity contribution in [3.63, 3.8) is 0 Å². The maximum atomic E-state index is 11.8. The van der Waals surface area contributed by atoms with Crippen molar-refractivity contribution in [2.75, 3.05) is 13.1 Å². The number of amides is 1. The second-order valence-corrected chi connectivity index (χ2v) is 6.84. The van der Waals surface area contributed by atoms with Gasteiger partial charge in [-0.15, -0.1) is 0 Å². The van der Waals surface area contributed by atoms with E-state index in [4.69, 9.17) is 4.74 Å². The molecule has 1 aliphatic heterocycles. The monoisotopic (exact) mass is 267 g/mol. The molecule has 1 saturated carbocycles. The molecule has 0 aromatic heterocycles. The minimum absolute atomic E-state index is 0.00878. The number of carbonyl (C=O) groups excluding carboxylic acids is 1. The number of likely N-dealkylation sites (tertiary alicyclic amines) is 1. The molecule has 1 aliphatic carbocycles. The van der Waals surface area contributed by atoms with Gasteiger partial charge in [-0.1, -0.05) is 26.2 Å². The second-order valence-electron chi connectivity index (χ2n) is 6.84. The summed E-state index contributed by atoms with van der Waals surface area (Å²) < 4.78 is 5.27. The quantitative estimate of drug-likeness (QED) is 0.763. The number of rotatable bonds is 4. The van der Waals surface area contributed by atoms with Crippen LogP contribution in [-0.4, -0.2) is 30.2 Å². The van der Waals surface area contributed by atoms with Crippen LogP contribution in [0.4, 0.5) is 4.79 Å². The number of carbonyl (C=O) groups is 1. The van der Waals surface area contributed by atoms with Crippen LogP contribution in [0.5, 0.6) is 0 Å². The number of nitrogens with zero attached hydrogens (tertiary/aromatic N) is 1. The number of piperidine rings is 1. The molecule has 0 unspecified atom stereocenters. The molecule has 0 bridgehead atoms. The van der Waals surface area contributed by atoms with E-state index in [2.05, 4.69) is 6.92 Å². The molecule has 1 saturated heterocycles. The number of hydrogen-bond donors (Lipinski definition) is 0. The molecule has 2 aliphatic rings. The van der Waals surface area contributed by atoms with Crippen LogP contribution in [-0.2, 0) is 4.74 Å². The summed E-state index contributed by atoms with van der Waals surface area (Å²) in [5, 5.41) is 0. The van der Waals surface area contributed by atoms with Crippen LogP contribution in [0.2, 0.25) is 0 Å². The maximum absolute atomic E-state index is 11.8. The number of hydrogen-bond acceptors (Lipinski definition) is 2. The summed E-state index contributed by atoms with van der Waals surface area (Å²) in [6.07, 6.45) is 9.16. The van der Waals surface area contributed by atoms with Crippen LogP contribution in [0.25, 0.3) is 0 Å². The van der Waals surface area contributed by atoms with Crippen molar-refractivity contribution in [3.8, 4) is 0 Å². The van der Waals surface area contributed by atoms with Gasteiger partial charge in [0.2, 0.25) is 0 Å². The van der Waals surface area contributed by atoms with Crippen molar-refractivity contribution in [2.24, 2.45) is 11.3 Å². The van der Waals surface area contributed by atoms with Gasteiger partial charge in [-0.3, -0.25) is 0 Å². The van der Waals surface area contributed by atoms with Crippen LogP contribution in [0.3, 0.4) is 0 Å². The molecular weight excluding hydrogens is 238 g/mol. The molecule has 19 heavy (non-hydrogen) atoms. The first-order valence-corrected chi connectivity index (χ1v) is 8.00. The fourth-order valence-electron chi connectivity index (χ4n) is 3.71. The minimum Gasteiger partial charge on any atom is -0.447 e. The fourth-order valence-corrected chi connectivity index (χ4v) is 3.71. The van der Waals surface area contributed by atoms with Crippen LogP contribution in [0.15, 0.2) is 0 Å². The SMILES string of the molecule is CCCCC1CC2(CCN(C(=O)OC(C)C)CC2)C1. The fraction of sp³-hybridized carbons (Fsp3) is 0.938. The molecular formula is C16H29NO2. The average molecular weight is 267 g/mol. The van der Waals surface area contributed by atoms with Gasteiger partial charge in [-0.25, -0.2) is 4.79 Å². The van der Waals surface area contributed by atoms with Crippen molar-refractivity contribution in [1.29, 1.82) is 0 Å². The standard InChI is InChI=1S/C16H29NO2/c1-4-5-6-14-11-16(12-14)7-9-17(10-8-16)15(18)19-13(2)3/h13-14H,4-12H2,1-3H3. The lowest BCUT2D eigenvalue weighted by Crippen LogP contribution is -2.49. The summed E-state index contributed by atoms with van der Waals surface area (Å²) in [6.45, 7) is 7.88. The van der Waals surface area contributed by atoms with Gasteiger partial charge >= 0.3 is 6.09 Å². The molecule has 0 aromatic carbocycles. The third kappa shape index (κ3) is 3.64. The summed E-state index contributed by atoms with van der Waals surface area (Å²) in [5.41, 5.74) is 0.576. The minimum atomic E-state index is -0.119. The lowest BCUT2D eigenvalue weighted by Gasteiger charge is -2.52. The van der Waals surface area contributed by atoms with Gasteiger partial charge in [0.05, 0.1) is 6.10 Å². The molecule has 0 atom stereocenters. The highest BCUT2D eigenvalue weighted by molar-refractivity contribution is 5.67. The maximum Gasteiger partial charge on any atom is 0.410 e. The van der Waals surface area contributed by atoms with Gasteiger partial charge < -0.3 is 9.64 Å². The van der Waals surface area contributed by atoms with Gasteiger partial charge in [0, 0.05) is 13.1 Å². The van der Waals surface area contributed by atoms with E-state index in [0.717, 1.165) is 19.0 Å². The molecule has 2 fully saturated rings. The Bertz CT molecular complexity index is 298. The normalized spacial score (nSPS) is 22.6. The highest BCUT2D eigenvalue weighted by Crippen LogP contribution is 2.54. The van der Waals surface area contributed by atoms with Crippen molar-refractivity contribution < 1.29 is 9.53 Å². The zero-order chi connectivity index (χ0) is 13.9. The Hall–Kier alpha value is -0.730. The lowest BCUT2D eigenvalue weighted by molar-refractivity contribution is -0.0195. The average Bonchev–Trinajstić information content (AvgIpc) is 2.33. The van der Waals surface area contributed by atoms with E-state index in [0.29, 0.717) is 5.41 Å². The Balaban J connectivity index is 1.70. The highest BCUT2D eigenvalue weighted by atomic mass is 16.6. The Kier molecular flexibility index (Phi) is 4.75. The molecule has 1 amide bonds. The highest BCUT2D eigenvalue weighted by Gasteiger charge is 2.45.